The second kappa shape index (κ2) is 8.84. The van der Waals surface area contributed by atoms with E-state index < -0.39 is 0 Å². The van der Waals surface area contributed by atoms with Gasteiger partial charge in [0.15, 0.2) is 0 Å². The van der Waals surface area contributed by atoms with Crippen LogP contribution in [0, 0.1) is 6.92 Å². The van der Waals surface area contributed by atoms with E-state index in [1.54, 1.807) is 0 Å². The van der Waals surface area contributed by atoms with E-state index in [1.165, 1.54) is 38.5 Å². The van der Waals surface area contributed by atoms with Gasteiger partial charge in [-0.1, -0.05) is 51.5 Å². The van der Waals surface area contributed by atoms with E-state index in [0.29, 0.717) is 0 Å². The third-order valence-corrected chi connectivity index (χ3v) is 3.22. The molecule has 0 amide bonds. The number of rotatable bonds is 9. The molecule has 0 saturated heterocycles. The molecule has 2 N–H and O–H groups in total. The molecule has 102 valence electrons. The number of hydrogen-bond donors (Lipinski definition) is 1. The van der Waals surface area contributed by atoms with Crippen molar-refractivity contribution in [1.29, 1.82) is 0 Å². The van der Waals surface area contributed by atoms with Crippen molar-refractivity contribution < 1.29 is 4.74 Å². The molecule has 2 heteroatoms. The van der Waals surface area contributed by atoms with Crippen molar-refractivity contribution in [3.8, 4) is 5.75 Å². The maximum absolute atomic E-state index is 5.77. The normalized spacial score (nSPS) is 10.6. The topological polar surface area (TPSA) is 35.2 Å². The summed E-state index contributed by atoms with van der Waals surface area (Å²) >= 11 is 0. The molecular formula is C16H27NO. The van der Waals surface area contributed by atoms with E-state index in [-0.39, 0.29) is 0 Å². The van der Waals surface area contributed by atoms with Gasteiger partial charge in [-0.25, -0.2) is 0 Å². The molecule has 1 aromatic carbocycles. The first-order chi connectivity index (χ1) is 8.74. The molecule has 0 saturated carbocycles. The highest BCUT2D eigenvalue weighted by Gasteiger charge is 1.99. The van der Waals surface area contributed by atoms with E-state index in [4.69, 9.17) is 10.5 Å². The second-order valence-corrected chi connectivity index (χ2v) is 4.99. The van der Waals surface area contributed by atoms with Gasteiger partial charge >= 0.3 is 0 Å². The number of nitrogen functional groups attached to an aromatic ring is 1. The predicted molar refractivity (Wildman–Crippen MR) is 79.1 cm³/mol. The van der Waals surface area contributed by atoms with Crippen LogP contribution in [0.15, 0.2) is 18.2 Å². The molecule has 0 bridgehead atoms. The third kappa shape index (κ3) is 5.95. The SMILES string of the molecule is CCCCCCCCCOc1cc(N)ccc1C. The first-order valence-corrected chi connectivity index (χ1v) is 7.23. The summed E-state index contributed by atoms with van der Waals surface area (Å²) in [5.41, 5.74) is 7.68. The molecule has 0 aromatic heterocycles. The molecule has 0 fully saturated rings. The Morgan fingerprint density at radius 1 is 1.00 bits per heavy atom. The highest BCUT2D eigenvalue weighted by molar-refractivity contribution is 5.47. The van der Waals surface area contributed by atoms with Crippen molar-refractivity contribution >= 4 is 5.69 Å². The van der Waals surface area contributed by atoms with Gasteiger partial charge in [0.25, 0.3) is 0 Å². The third-order valence-electron chi connectivity index (χ3n) is 3.22. The van der Waals surface area contributed by atoms with Crippen LogP contribution in [-0.4, -0.2) is 6.61 Å². The lowest BCUT2D eigenvalue weighted by molar-refractivity contribution is 0.302. The van der Waals surface area contributed by atoms with Gasteiger partial charge in [-0.05, 0) is 25.0 Å². The summed E-state index contributed by atoms with van der Waals surface area (Å²) in [5, 5.41) is 0. The zero-order valence-corrected chi connectivity index (χ0v) is 11.9. The highest BCUT2D eigenvalue weighted by atomic mass is 16.5. The minimum absolute atomic E-state index is 0.773. The average Bonchev–Trinajstić information content (AvgIpc) is 2.36. The van der Waals surface area contributed by atoms with Crippen molar-refractivity contribution in [3.05, 3.63) is 23.8 Å². The van der Waals surface area contributed by atoms with E-state index in [1.807, 2.05) is 18.2 Å². The fourth-order valence-corrected chi connectivity index (χ4v) is 2.01. The van der Waals surface area contributed by atoms with E-state index in [0.717, 1.165) is 30.0 Å². The first-order valence-electron chi connectivity index (χ1n) is 7.23. The number of benzene rings is 1. The minimum atomic E-state index is 0.773. The predicted octanol–water partition coefficient (Wildman–Crippen LogP) is 4.71. The Balaban J connectivity index is 2.09. The van der Waals surface area contributed by atoms with Gasteiger partial charge in [-0.3, -0.25) is 0 Å². The lowest BCUT2D eigenvalue weighted by Gasteiger charge is -2.09. The van der Waals surface area contributed by atoms with Crippen LogP contribution in [0.5, 0.6) is 5.75 Å². The van der Waals surface area contributed by atoms with Crippen LogP contribution in [0.2, 0.25) is 0 Å². The average molecular weight is 249 g/mol. The lowest BCUT2D eigenvalue weighted by Crippen LogP contribution is -1.99. The standard InChI is InChI=1S/C16H27NO/c1-3-4-5-6-7-8-9-12-18-16-13-15(17)11-10-14(16)2/h10-11,13H,3-9,12,17H2,1-2H3. The summed E-state index contributed by atoms with van der Waals surface area (Å²) in [4.78, 5) is 0. The Bertz CT molecular complexity index is 336. The summed E-state index contributed by atoms with van der Waals surface area (Å²) in [6.07, 6.45) is 9.18. The zero-order chi connectivity index (χ0) is 13.2. The van der Waals surface area contributed by atoms with E-state index in [9.17, 15) is 0 Å². The molecule has 1 aromatic rings. The number of anilines is 1. The molecule has 0 unspecified atom stereocenters. The summed E-state index contributed by atoms with van der Waals surface area (Å²) in [7, 11) is 0. The Labute approximate surface area is 112 Å². The van der Waals surface area contributed by atoms with Crippen molar-refractivity contribution in [2.24, 2.45) is 0 Å². The van der Waals surface area contributed by atoms with Gasteiger partial charge in [0.05, 0.1) is 6.61 Å². The largest absolute Gasteiger partial charge is 0.493 e. The van der Waals surface area contributed by atoms with Gasteiger partial charge in [0, 0.05) is 11.8 Å². The first kappa shape index (κ1) is 14.9. The summed E-state index contributed by atoms with van der Waals surface area (Å²) in [6.45, 7) is 5.11. The zero-order valence-electron chi connectivity index (χ0n) is 11.9. The van der Waals surface area contributed by atoms with Crippen molar-refractivity contribution in [2.75, 3.05) is 12.3 Å². The number of ether oxygens (including phenoxy) is 1. The highest BCUT2D eigenvalue weighted by Crippen LogP contribution is 2.21. The molecule has 0 atom stereocenters. The van der Waals surface area contributed by atoms with Gasteiger partial charge in [0.1, 0.15) is 5.75 Å². The number of hydrogen-bond acceptors (Lipinski definition) is 2. The van der Waals surface area contributed by atoms with Crippen LogP contribution in [-0.2, 0) is 0 Å². The van der Waals surface area contributed by atoms with Crippen molar-refractivity contribution in [3.63, 3.8) is 0 Å². The summed E-state index contributed by atoms with van der Waals surface area (Å²) in [6, 6.07) is 5.84. The maximum Gasteiger partial charge on any atom is 0.124 e. The second-order valence-electron chi connectivity index (χ2n) is 4.99. The number of nitrogens with two attached hydrogens (primary N) is 1. The van der Waals surface area contributed by atoms with E-state index >= 15 is 0 Å². The molecule has 0 heterocycles. The molecule has 2 nitrogen and oxygen atoms in total. The smallest absolute Gasteiger partial charge is 0.124 e. The van der Waals surface area contributed by atoms with Crippen molar-refractivity contribution in [2.45, 2.75) is 58.8 Å². The Kier molecular flexibility index (Phi) is 7.31. The van der Waals surface area contributed by atoms with E-state index in [2.05, 4.69) is 13.8 Å². The maximum atomic E-state index is 5.77. The monoisotopic (exact) mass is 249 g/mol. The van der Waals surface area contributed by atoms with Crippen LogP contribution in [0.4, 0.5) is 5.69 Å². The van der Waals surface area contributed by atoms with Crippen LogP contribution < -0.4 is 10.5 Å². The Hall–Kier alpha value is -1.18. The minimum Gasteiger partial charge on any atom is -0.493 e. The molecule has 0 aliphatic rings. The van der Waals surface area contributed by atoms with Gasteiger partial charge in [-0.15, -0.1) is 0 Å². The summed E-state index contributed by atoms with van der Waals surface area (Å²) in [5.74, 6) is 0.931. The molecule has 18 heavy (non-hydrogen) atoms. The van der Waals surface area contributed by atoms with Gasteiger partial charge in [0.2, 0.25) is 0 Å². The molecular weight excluding hydrogens is 222 g/mol. The summed E-state index contributed by atoms with van der Waals surface area (Å²) < 4.78 is 5.77. The Morgan fingerprint density at radius 2 is 1.67 bits per heavy atom. The molecule has 0 spiro atoms. The van der Waals surface area contributed by atoms with Crippen LogP contribution in [0.1, 0.15) is 57.4 Å². The molecule has 0 radical (unpaired) electrons. The fourth-order valence-electron chi connectivity index (χ4n) is 2.01. The number of unbranched alkanes of at least 4 members (excludes halogenated alkanes) is 6. The Morgan fingerprint density at radius 3 is 2.39 bits per heavy atom. The molecule has 0 aliphatic carbocycles. The molecule has 0 aliphatic heterocycles. The quantitative estimate of drug-likeness (QED) is 0.508. The van der Waals surface area contributed by atoms with Crippen LogP contribution in [0.25, 0.3) is 0 Å². The van der Waals surface area contributed by atoms with Crippen molar-refractivity contribution in [1.82, 2.24) is 0 Å². The van der Waals surface area contributed by atoms with Gasteiger partial charge in [-0.2, -0.15) is 0 Å². The number of aryl methyl sites for hydroxylation is 1. The fraction of sp³-hybridized carbons (Fsp3) is 0.625. The van der Waals surface area contributed by atoms with Crippen LogP contribution >= 0.6 is 0 Å². The molecule has 1 rings (SSSR count). The van der Waals surface area contributed by atoms with Gasteiger partial charge < -0.3 is 10.5 Å². The lowest BCUT2D eigenvalue weighted by atomic mass is 10.1. The van der Waals surface area contributed by atoms with Crippen LogP contribution in [0.3, 0.4) is 0 Å².